The van der Waals surface area contributed by atoms with Crippen molar-refractivity contribution in [1.82, 2.24) is 14.9 Å². The number of aromatic nitrogens is 2. The molecule has 4 heterocycles. The smallest absolute Gasteiger partial charge is 0.254 e. The van der Waals surface area contributed by atoms with Gasteiger partial charge in [-0.05, 0) is 37.6 Å². The Labute approximate surface area is 185 Å². The number of aryl methyl sites for hydroxylation is 2. The summed E-state index contributed by atoms with van der Waals surface area (Å²) >= 11 is 1.74. The highest BCUT2D eigenvalue weighted by atomic mass is 32.1. The molecule has 0 bridgehead atoms. The van der Waals surface area contributed by atoms with Gasteiger partial charge in [-0.3, -0.25) is 4.79 Å². The Bertz CT molecular complexity index is 1170. The van der Waals surface area contributed by atoms with Crippen molar-refractivity contribution in [1.29, 1.82) is 0 Å². The average molecular weight is 439 g/mol. The summed E-state index contributed by atoms with van der Waals surface area (Å²) in [5.74, 6) is 3.50. The van der Waals surface area contributed by atoms with Crippen LogP contribution in [0.4, 0.5) is 5.82 Å². The first-order chi connectivity index (χ1) is 14.9. The molecule has 3 aromatic rings. The zero-order valence-corrected chi connectivity index (χ0v) is 19.1. The molecule has 2 aromatic heterocycles. The monoisotopic (exact) mass is 438 g/mol. The number of piperazine rings is 1. The zero-order chi connectivity index (χ0) is 21.7. The predicted octanol–water partition coefficient (Wildman–Crippen LogP) is 4.12. The van der Waals surface area contributed by atoms with Gasteiger partial charge in [-0.25, -0.2) is 9.97 Å². The molecular weight excluding hydrogens is 412 g/mol. The number of hydrogen-bond acceptors (Lipinski definition) is 7. The lowest BCUT2D eigenvalue weighted by Gasteiger charge is -2.36. The summed E-state index contributed by atoms with van der Waals surface area (Å²) in [5.41, 5.74) is 1.89. The highest BCUT2D eigenvalue weighted by Gasteiger charge is 2.27. The number of carbonyl (C=O) groups is 1. The Kier molecular flexibility index (Phi) is 4.97. The fourth-order valence-corrected chi connectivity index (χ4v) is 5.10. The van der Waals surface area contributed by atoms with Crippen molar-refractivity contribution >= 4 is 33.3 Å². The van der Waals surface area contributed by atoms with Crippen LogP contribution in [0.2, 0.25) is 0 Å². The largest absolute Gasteiger partial charge is 0.454 e. The number of amides is 1. The molecule has 2 aliphatic rings. The minimum Gasteiger partial charge on any atom is -0.454 e. The average Bonchev–Trinajstić information content (AvgIpc) is 3.36. The van der Waals surface area contributed by atoms with Crippen LogP contribution >= 0.6 is 11.3 Å². The van der Waals surface area contributed by atoms with E-state index in [1.54, 1.807) is 23.5 Å². The van der Waals surface area contributed by atoms with Crippen molar-refractivity contribution in [2.45, 2.75) is 33.6 Å². The highest BCUT2D eigenvalue weighted by molar-refractivity contribution is 7.18. The van der Waals surface area contributed by atoms with Gasteiger partial charge in [-0.2, -0.15) is 0 Å². The van der Waals surface area contributed by atoms with Crippen LogP contribution in [-0.4, -0.2) is 53.7 Å². The van der Waals surface area contributed by atoms with Gasteiger partial charge in [0, 0.05) is 42.5 Å². The van der Waals surface area contributed by atoms with Crippen molar-refractivity contribution < 1.29 is 14.3 Å². The number of thiophene rings is 1. The van der Waals surface area contributed by atoms with Gasteiger partial charge < -0.3 is 19.3 Å². The third kappa shape index (κ3) is 3.48. The number of rotatable bonds is 3. The highest BCUT2D eigenvalue weighted by Crippen LogP contribution is 2.37. The first-order valence-corrected chi connectivity index (χ1v) is 11.5. The number of carbonyl (C=O) groups excluding carboxylic acids is 1. The van der Waals surface area contributed by atoms with E-state index < -0.39 is 0 Å². The molecular formula is C23H26N4O3S. The minimum atomic E-state index is 0.0243. The molecule has 0 spiro atoms. The van der Waals surface area contributed by atoms with Crippen LogP contribution in [0.15, 0.2) is 18.2 Å². The number of hydrogen-bond donors (Lipinski definition) is 0. The summed E-state index contributed by atoms with van der Waals surface area (Å²) in [4.78, 5) is 29.4. The molecule has 0 unspecified atom stereocenters. The summed E-state index contributed by atoms with van der Waals surface area (Å²) in [7, 11) is 0. The Morgan fingerprint density at radius 2 is 1.81 bits per heavy atom. The van der Waals surface area contributed by atoms with E-state index in [-0.39, 0.29) is 18.6 Å². The van der Waals surface area contributed by atoms with Gasteiger partial charge in [0.05, 0.1) is 5.39 Å². The Morgan fingerprint density at radius 3 is 2.55 bits per heavy atom. The Balaban J connectivity index is 1.38. The van der Waals surface area contributed by atoms with Crippen LogP contribution in [0.3, 0.4) is 0 Å². The van der Waals surface area contributed by atoms with Gasteiger partial charge in [0.15, 0.2) is 11.5 Å². The lowest BCUT2D eigenvalue weighted by atomic mass is 10.1. The molecule has 0 N–H and O–H groups in total. The number of anilines is 1. The molecule has 1 amide bonds. The minimum absolute atomic E-state index is 0.0243. The van der Waals surface area contributed by atoms with Gasteiger partial charge in [0.1, 0.15) is 16.5 Å². The normalized spacial score (nSPS) is 15.9. The fourth-order valence-electron chi connectivity index (χ4n) is 4.07. The number of fused-ring (bicyclic) bond motifs is 2. The molecule has 8 heteroatoms. The van der Waals surface area contributed by atoms with Crippen molar-refractivity contribution in [2.24, 2.45) is 0 Å². The topological polar surface area (TPSA) is 67.8 Å². The van der Waals surface area contributed by atoms with Gasteiger partial charge in [0.25, 0.3) is 5.91 Å². The molecule has 7 nitrogen and oxygen atoms in total. The summed E-state index contributed by atoms with van der Waals surface area (Å²) < 4.78 is 10.8. The van der Waals surface area contributed by atoms with Crippen molar-refractivity contribution in [3.8, 4) is 11.5 Å². The van der Waals surface area contributed by atoms with Gasteiger partial charge in [-0.15, -0.1) is 11.3 Å². The molecule has 0 radical (unpaired) electrons. The lowest BCUT2D eigenvalue weighted by Crippen LogP contribution is -2.49. The van der Waals surface area contributed by atoms with Crippen LogP contribution in [0.1, 0.15) is 46.4 Å². The van der Waals surface area contributed by atoms with Crippen molar-refractivity contribution in [3.05, 3.63) is 40.0 Å². The van der Waals surface area contributed by atoms with Gasteiger partial charge >= 0.3 is 0 Å². The third-order valence-electron chi connectivity index (χ3n) is 6.03. The van der Waals surface area contributed by atoms with E-state index in [1.807, 2.05) is 11.0 Å². The van der Waals surface area contributed by atoms with E-state index in [2.05, 4.69) is 32.6 Å². The molecule has 5 rings (SSSR count). The predicted molar refractivity (Wildman–Crippen MR) is 122 cm³/mol. The van der Waals surface area contributed by atoms with E-state index in [4.69, 9.17) is 19.4 Å². The molecule has 0 atom stereocenters. The maximum Gasteiger partial charge on any atom is 0.254 e. The van der Waals surface area contributed by atoms with E-state index in [9.17, 15) is 4.79 Å². The molecule has 0 aliphatic carbocycles. The van der Waals surface area contributed by atoms with Crippen molar-refractivity contribution in [3.63, 3.8) is 0 Å². The Morgan fingerprint density at radius 1 is 1.06 bits per heavy atom. The standard InChI is InChI=1S/C23H26N4O3S/c1-13(2)20-24-21(19-14(3)15(4)31-22(19)25-20)26-7-9-27(10-8-26)23(28)16-5-6-17-18(11-16)30-12-29-17/h5-6,11,13H,7-10,12H2,1-4H3. The summed E-state index contributed by atoms with van der Waals surface area (Å²) in [6, 6.07) is 5.39. The first kappa shape index (κ1) is 20.1. The van der Waals surface area contributed by atoms with Crippen LogP contribution in [0, 0.1) is 13.8 Å². The molecule has 162 valence electrons. The lowest BCUT2D eigenvalue weighted by molar-refractivity contribution is 0.0746. The zero-order valence-electron chi connectivity index (χ0n) is 18.3. The summed E-state index contributed by atoms with van der Waals surface area (Å²) in [6.07, 6.45) is 0. The van der Waals surface area contributed by atoms with E-state index in [0.29, 0.717) is 30.2 Å². The molecule has 1 aromatic carbocycles. The second-order valence-electron chi connectivity index (χ2n) is 8.37. The Hall–Kier alpha value is -2.87. The quantitative estimate of drug-likeness (QED) is 0.613. The van der Waals surface area contributed by atoms with Crippen molar-refractivity contribution in [2.75, 3.05) is 37.9 Å². The van der Waals surface area contributed by atoms with Crippen LogP contribution in [-0.2, 0) is 0 Å². The van der Waals surface area contributed by atoms with Crippen LogP contribution in [0.5, 0.6) is 11.5 Å². The number of ether oxygens (including phenoxy) is 2. The van der Waals surface area contributed by atoms with Gasteiger partial charge in [0.2, 0.25) is 6.79 Å². The number of nitrogens with zero attached hydrogens (tertiary/aromatic N) is 4. The second kappa shape index (κ2) is 7.67. The maximum absolute atomic E-state index is 13.0. The summed E-state index contributed by atoms with van der Waals surface area (Å²) in [5, 5.41) is 1.16. The van der Waals surface area contributed by atoms with Crippen LogP contribution in [0.25, 0.3) is 10.2 Å². The molecule has 1 saturated heterocycles. The fraction of sp³-hybridized carbons (Fsp3) is 0.435. The SMILES string of the molecule is Cc1sc2nc(C(C)C)nc(N3CCN(C(=O)c4ccc5c(c4)OCO5)CC3)c2c1C. The number of benzene rings is 1. The van der Waals surface area contributed by atoms with Gasteiger partial charge in [-0.1, -0.05) is 13.8 Å². The maximum atomic E-state index is 13.0. The molecule has 2 aliphatic heterocycles. The second-order valence-corrected chi connectivity index (χ2v) is 9.57. The molecule has 0 saturated carbocycles. The molecule has 1 fully saturated rings. The van der Waals surface area contributed by atoms with E-state index in [1.165, 1.54) is 10.4 Å². The van der Waals surface area contributed by atoms with Crippen LogP contribution < -0.4 is 14.4 Å². The van der Waals surface area contributed by atoms with E-state index >= 15 is 0 Å². The first-order valence-electron chi connectivity index (χ1n) is 10.6. The molecule has 31 heavy (non-hydrogen) atoms. The third-order valence-corrected chi connectivity index (χ3v) is 7.13. The van der Waals surface area contributed by atoms with E-state index in [0.717, 1.165) is 34.9 Å². The summed E-state index contributed by atoms with van der Waals surface area (Å²) in [6.45, 7) is 11.5.